The topological polar surface area (TPSA) is 101 Å². The molecule has 31 heavy (non-hydrogen) atoms. The van der Waals surface area contributed by atoms with E-state index in [2.05, 4.69) is 15.5 Å². The van der Waals surface area contributed by atoms with E-state index in [0.29, 0.717) is 30.9 Å². The van der Waals surface area contributed by atoms with Crippen LogP contribution in [0.15, 0.2) is 58.8 Å². The molecule has 0 bridgehead atoms. The van der Waals surface area contributed by atoms with Crippen molar-refractivity contribution < 1.29 is 19.4 Å². The number of hydrogen-bond acceptors (Lipinski definition) is 7. The summed E-state index contributed by atoms with van der Waals surface area (Å²) >= 11 is 0. The van der Waals surface area contributed by atoms with Crippen molar-refractivity contribution in [2.75, 3.05) is 12.4 Å². The van der Waals surface area contributed by atoms with E-state index in [0.717, 1.165) is 29.2 Å². The van der Waals surface area contributed by atoms with Gasteiger partial charge in [0.15, 0.2) is 0 Å². The lowest BCUT2D eigenvalue weighted by atomic mass is 10.1. The molecule has 0 fully saturated rings. The molecule has 0 unspecified atom stereocenters. The average Bonchev–Trinajstić information content (AvgIpc) is 2.78. The minimum absolute atomic E-state index is 0.0898. The van der Waals surface area contributed by atoms with Gasteiger partial charge in [-0.25, -0.2) is 10.4 Å². The molecule has 0 aliphatic carbocycles. The highest BCUT2D eigenvalue weighted by atomic mass is 33.1. The Labute approximate surface area is 190 Å². The summed E-state index contributed by atoms with van der Waals surface area (Å²) in [7, 11) is 3.39. The molecule has 0 aliphatic heterocycles. The molecule has 7 nitrogen and oxygen atoms in total. The Hall–Kier alpha value is -2.52. The second kappa shape index (κ2) is 14.5. The standard InChI is InChI=1S/C22H27N3O4S2/c1-17(18-10-12-19(13-11-18)29-15-6-9-22(27)28)24-25-20(26)7-3-5-16-30-31-21-8-2-4-14-23-21/h2,4,8,10-14H,3,5-7,9,15-16H2,1H3,(H,25,26)(H,27,28)/b24-17+. The minimum Gasteiger partial charge on any atom is -0.494 e. The van der Waals surface area contributed by atoms with Crippen molar-refractivity contribution in [1.29, 1.82) is 0 Å². The van der Waals surface area contributed by atoms with E-state index in [9.17, 15) is 9.59 Å². The number of unbranched alkanes of at least 4 members (excludes halogenated alkanes) is 1. The molecule has 0 aliphatic rings. The fraction of sp³-hybridized carbons (Fsp3) is 0.364. The predicted octanol–water partition coefficient (Wildman–Crippen LogP) is 4.78. The first-order chi connectivity index (χ1) is 15.0. The van der Waals surface area contributed by atoms with Crippen LogP contribution in [0.4, 0.5) is 0 Å². The third-order valence-electron chi connectivity index (χ3n) is 4.09. The van der Waals surface area contributed by atoms with Gasteiger partial charge in [0.1, 0.15) is 10.8 Å². The monoisotopic (exact) mass is 461 g/mol. The summed E-state index contributed by atoms with van der Waals surface area (Å²) in [4.78, 5) is 26.7. The molecule has 1 heterocycles. The average molecular weight is 462 g/mol. The quantitative estimate of drug-likeness (QED) is 0.181. The molecular formula is C22H27N3O4S2. The fourth-order valence-corrected chi connectivity index (χ4v) is 4.44. The molecule has 0 saturated carbocycles. The molecule has 0 atom stereocenters. The largest absolute Gasteiger partial charge is 0.494 e. The van der Waals surface area contributed by atoms with Crippen molar-refractivity contribution in [3.63, 3.8) is 0 Å². The molecule has 1 amide bonds. The molecule has 2 N–H and O–H groups in total. The first-order valence-corrected chi connectivity index (χ1v) is 12.3. The van der Waals surface area contributed by atoms with Gasteiger partial charge in [0.2, 0.25) is 5.91 Å². The third-order valence-corrected chi connectivity index (χ3v) is 6.44. The van der Waals surface area contributed by atoms with Crippen molar-refractivity contribution in [1.82, 2.24) is 10.4 Å². The zero-order valence-electron chi connectivity index (χ0n) is 17.5. The van der Waals surface area contributed by atoms with Gasteiger partial charge in [-0.2, -0.15) is 5.10 Å². The van der Waals surface area contributed by atoms with E-state index >= 15 is 0 Å². The Morgan fingerprint density at radius 2 is 1.90 bits per heavy atom. The van der Waals surface area contributed by atoms with Crippen molar-refractivity contribution in [2.24, 2.45) is 5.10 Å². The molecular weight excluding hydrogens is 434 g/mol. The molecule has 2 aromatic rings. The third kappa shape index (κ3) is 10.9. The van der Waals surface area contributed by atoms with Crippen LogP contribution >= 0.6 is 21.6 Å². The number of carboxylic acid groups (broad SMARTS) is 1. The number of nitrogens with zero attached hydrogens (tertiary/aromatic N) is 2. The fourth-order valence-electron chi connectivity index (χ4n) is 2.42. The van der Waals surface area contributed by atoms with E-state index in [4.69, 9.17) is 9.84 Å². The van der Waals surface area contributed by atoms with E-state index in [1.807, 2.05) is 37.3 Å². The Morgan fingerprint density at radius 3 is 2.61 bits per heavy atom. The molecule has 2 rings (SSSR count). The van der Waals surface area contributed by atoms with Gasteiger partial charge < -0.3 is 9.84 Å². The zero-order valence-corrected chi connectivity index (χ0v) is 19.1. The number of carbonyl (C=O) groups is 2. The van der Waals surface area contributed by atoms with Gasteiger partial charge in [-0.3, -0.25) is 9.59 Å². The van der Waals surface area contributed by atoms with E-state index in [1.165, 1.54) is 0 Å². The second-order valence-electron chi connectivity index (χ2n) is 6.63. The number of amides is 1. The highest BCUT2D eigenvalue weighted by Gasteiger charge is 2.04. The zero-order chi connectivity index (χ0) is 22.3. The van der Waals surface area contributed by atoms with E-state index < -0.39 is 5.97 Å². The van der Waals surface area contributed by atoms with Crippen LogP contribution < -0.4 is 10.2 Å². The van der Waals surface area contributed by atoms with Gasteiger partial charge in [0.05, 0.1) is 12.3 Å². The number of benzene rings is 1. The first kappa shape index (κ1) is 24.7. The number of ether oxygens (including phenoxy) is 1. The Balaban J connectivity index is 1.60. The van der Waals surface area contributed by atoms with Gasteiger partial charge in [-0.1, -0.05) is 16.9 Å². The molecule has 1 aromatic carbocycles. The lowest BCUT2D eigenvalue weighted by Gasteiger charge is -2.07. The normalized spacial score (nSPS) is 11.2. The number of rotatable bonds is 14. The number of hydrogen-bond donors (Lipinski definition) is 2. The first-order valence-electron chi connectivity index (χ1n) is 10.0. The van der Waals surface area contributed by atoms with Crippen LogP contribution in [0.5, 0.6) is 5.75 Å². The Morgan fingerprint density at radius 1 is 1.10 bits per heavy atom. The maximum absolute atomic E-state index is 12.0. The number of aliphatic carboxylic acids is 1. The predicted molar refractivity (Wildman–Crippen MR) is 126 cm³/mol. The summed E-state index contributed by atoms with van der Waals surface area (Å²) in [5, 5.41) is 13.8. The maximum Gasteiger partial charge on any atom is 0.303 e. The summed E-state index contributed by atoms with van der Waals surface area (Å²) in [6, 6.07) is 13.2. The lowest BCUT2D eigenvalue weighted by Crippen LogP contribution is -2.18. The van der Waals surface area contributed by atoms with Crippen LogP contribution in [0.2, 0.25) is 0 Å². The van der Waals surface area contributed by atoms with Crippen molar-refractivity contribution in [2.45, 2.75) is 44.1 Å². The highest BCUT2D eigenvalue weighted by Crippen LogP contribution is 2.29. The molecule has 0 spiro atoms. The van der Waals surface area contributed by atoms with Crippen LogP contribution in [0.3, 0.4) is 0 Å². The van der Waals surface area contributed by atoms with Crippen molar-refractivity contribution >= 4 is 39.2 Å². The summed E-state index contributed by atoms with van der Waals surface area (Å²) in [5.74, 6) is 0.707. The van der Waals surface area contributed by atoms with E-state index in [-0.39, 0.29) is 12.3 Å². The van der Waals surface area contributed by atoms with Gasteiger partial charge in [-0.05, 0) is 78.9 Å². The lowest BCUT2D eigenvalue weighted by molar-refractivity contribution is -0.137. The molecule has 166 valence electrons. The number of nitrogens with one attached hydrogen (secondary N) is 1. The van der Waals surface area contributed by atoms with Gasteiger partial charge in [-0.15, -0.1) is 0 Å². The minimum atomic E-state index is -0.827. The van der Waals surface area contributed by atoms with Crippen molar-refractivity contribution in [3.8, 4) is 5.75 Å². The van der Waals surface area contributed by atoms with Gasteiger partial charge in [0, 0.05) is 24.8 Å². The summed E-state index contributed by atoms with van der Waals surface area (Å²) in [5.41, 5.74) is 4.18. The summed E-state index contributed by atoms with van der Waals surface area (Å²) in [6.45, 7) is 2.18. The highest BCUT2D eigenvalue weighted by molar-refractivity contribution is 8.76. The number of hydrazone groups is 1. The molecule has 0 radical (unpaired) electrons. The maximum atomic E-state index is 12.0. The number of carbonyl (C=O) groups excluding carboxylic acids is 1. The van der Waals surface area contributed by atoms with Gasteiger partial charge >= 0.3 is 5.97 Å². The number of carboxylic acids is 1. The van der Waals surface area contributed by atoms with Gasteiger partial charge in [0.25, 0.3) is 0 Å². The Kier molecular flexibility index (Phi) is 11.6. The number of pyridine rings is 1. The van der Waals surface area contributed by atoms with Crippen LogP contribution in [0.1, 0.15) is 44.6 Å². The molecule has 9 heteroatoms. The van der Waals surface area contributed by atoms with Crippen molar-refractivity contribution in [3.05, 3.63) is 54.2 Å². The second-order valence-corrected chi connectivity index (χ2v) is 9.07. The number of aromatic nitrogens is 1. The SMILES string of the molecule is C/C(=N\NC(=O)CCCCSSc1ccccn1)c1ccc(OCCCC(=O)O)cc1. The summed E-state index contributed by atoms with van der Waals surface area (Å²) < 4.78 is 5.51. The van der Waals surface area contributed by atoms with Crippen LogP contribution in [-0.4, -0.2) is 40.0 Å². The van der Waals surface area contributed by atoms with E-state index in [1.54, 1.807) is 39.9 Å². The van der Waals surface area contributed by atoms with Crippen LogP contribution in [0, 0.1) is 0 Å². The molecule has 1 aromatic heterocycles. The molecule has 0 saturated heterocycles. The Bertz CT molecular complexity index is 846. The van der Waals surface area contributed by atoms with Crippen LogP contribution in [0.25, 0.3) is 0 Å². The summed E-state index contributed by atoms with van der Waals surface area (Å²) in [6.07, 6.45) is 4.54. The smallest absolute Gasteiger partial charge is 0.303 e. The van der Waals surface area contributed by atoms with Crippen LogP contribution in [-0.2, 0) is 9.59 Å².